The zero-order valence-electron chi connectivity index (χ0n) is 18.4. The number of piperazine rings is 1. The molecule has 5 rings (SSSR count). The fraction of sp³-hybridized carbons (Fsp3) is 0.500. The predicted molar refractivity (Wildman–Crippen MR) is 123 cm³/mol. The second kappa shape index (κ2) is 8.13. The van der Waals surface area contributed by atoms with Crippen molar-refractivity contribution in [1.82, 2.24) is 24.3 Å². The van der Waals surface area contributed by atoms with E-state index in [-0.39, 0.29) is 11.1 Å². The first-order valence-electron chi connectivity index (χ1n) is 11.2. The molecular formula is C24H31N5O2. The second-order valence-electron chi connectivity index (χ2n) is 9.07. The number of hydrogen-bond donors (Lipinski definition) is 1. The van der Waals surface area contributed by atoms with E-state index in [2.05, 4.69) is 31.4 Å². The van der Waals surface area contributed by atoms with Gasteiger partial charge in [-0.1, -0.05) is 12.8 Å². The van der Waals surface area contributed by atoms with Gasteiger partial charge in [-0.15, -0.1) is 0 Å². The summed E-state index contributed by atoms with van der Waals surface area (Å²) in [5.41, 5.74) is 1.44. The van der Waals surface area contributed by atoms with Crippen molar-refractivity contribution in [2.45, 2.75) is 37.8 Å². The number of methoxy groups -OCH3 is 1. The number of benzene rings is 1. The van der Waals surface area contributed by atoms with Crippen molar-refractivity contribution in [2.24, 2.45) is 0 Å². The number of nitrogens with one attached hydrogen (secondary N) is 1. The summed E-state index contributed by atoms with van der Waals surface area (Å²) in [5.74, 6) is 1.48. The number of imidazole rings is 1. The summed E-state index contributed by atoms with van der Waals surface area (Å²) in [4.78, 5) is 25.7. The minimum Gasteiger partial charge on any atom is -0.497 e. The first-order valence-corrected chi connectivity index (χ1v) is 11.2. The Bertz CT molecular complexity index is 1120. The average Bonchev–Trinajstić information content (AvgIpc) is 3.44. The van der Waals surface area contributed by atoms with Crippen molar-refractivity contribution >= 4 is 10.9 Å². The lowest BCUT2D eigenvalue weighted by molar-refractivity contribution is 0.0315. The number of hydrogen-bond acceptors (Lipinski definition) is 5. The lowest BCUT2D eigenvalue weighted by atomic mass is 9.93. The Hall–Kier alpha value is -2.64. The van der Waals surface area contributed by atoms with Crippen molar-refractivity contribution in [3.05, 3.63) is 47.0 Å². The van der Waals surface area contributed by atoms with E-state index in [1.807, 2.05) is 36.7 Å². The van der Waals surface area contributed by atoms with Crippen molar-refractivity contribution in [3.8, 4) is 17.1 Å². The van der Waals surface area contributed by atoms with E-state index in [9.17, 15) is 4.79 Å². The molecule has 2 aromatic heterocycles. The molecule has 1 aromatic carbocycles. The number of fused-ring (bicyclic) bond motifs is 1. The van der Waals surface area contributed by atoms with Crippen molar-refractivity contribution in [1.29, 1.82) is 0 Å². The fourth-order valence-electron chi connectivity index (χ4n) is 5.36. The van der Waals surface area contributed by atoms with Gasteiger partial charge in [0.1, 0.15) is 11.6 Å². The first kappa shape index (κ1) is 20.3. The van der Waals surface area contributed by atoms with Crippen LogP contribution in [0.3, 0.4) is 0 Å². The topological polar surface area (TPSA) is 66.4 Å². The molecule has 1 N–H and O–H groups in total. The van der Waals surface area contributed by atoms with E-state index >= 15 is 0 Å². The summed E-state index contributed by atoms with van der Waals surface area (Å²) in [5, 5.41) is 0.972. The van der Waals surface area contributed by atoms with E-state index in [0.717, 1.165) is 55.2 Å². The lowest BCUT2D eigenvalue weighted by Gasteiger charge is -2.45. The maximum Gasteiger partial charge on any atom is 0.259 e. The van der Waals surface area contributed by atoms with Gasteiger partial charge in [-0.2, -0.15) is 0 Å². The number of ether oxygens (including phenoxy) is 1. The number of rotatable bonds is 5. The molecule has 1 aliphatic heterocycles. The van der Waals surface area contributed by atoms with Crippen LogP contribution in [-0.2, 0) is 6.54 Å². The molecule has 164 valence electrons. The van der Waals surface area contributed by atoms with Crippen LogP contribution in [0.2, 0.25) is 0 Å². The van der Waals surface area contributed by atoms with Gasteiger partial charge in [-0.05, 0) is 43.5 Å². The number of H-pyrrole nitrogens is 1. The van der Waals surface area contributed by atoms with Gasteiger partial charge in [0, 0.05) is 56.7 Å². The average molecular weight is 422 g/mol. The Balaban J connectivity index is 1.49. The van der Waals surface area contributed by atoms with Crippen molar-refractivity contribution in [2.75, 3.05) is 40.3 Å². The maximum absolute atomic E-state index is 13.0. The van der Waals surface area contributed by atoms with Crippen LogP contribution in [0.1, 0.15) is 25.7 Å². The molecule has 7 nitrogen and oxygen atoms in total. The van der Waals surface area contributed by atoms with Gasteiger partial charge in [-0.25, -0.2) is 4.98 Å². The van der Waals surface area contributed by atoms with Gasteiger partial charge < -0.3 is 19.2 Å². The highest BCUT2D eigenvalue weighted by Gasteiger charge is 2.41. The molecule has 7 heteroatoms. The SMILES string of the molecule is COc1ccc2cc(-c3nccn3CC3(N4CCN(C)CC4)CCCC3)c(=O)[nH]c2c1. The molecule has 1 saturated heterocycles. The first-order chi connectivity index (χ1) is 15.1. The zero-order chi connectivity index (χ0) is 21.4. The van der Waals surface area contributed by atoms with E-state index in [4.69, 9.17) is 4.74 Å². The third-order valence-corrected chi connectivity index (χ3v) is 7.18. The van der Waals surface area contributed by atoms with Crippen LogP contribution in [0.15, 0.2) is 41.5 Å². The molecule has 3 heterocycles. The summed E-state index contributed by atoms with van der Waals surface area (Å²) >= 11 is 0. The van der Waals surface area contributed by atoms with Gasteiger partial charge in [0.15, 0.2) is 0 Å². The van der Waals surface area contributed by atoms with Crippen LogP contribution in [-0.4, -0.2) is 70.2 Å². The molecule has 0 atom stereocenters. The normalized spacial score (nSPS) is 19.8. The molecule has 0 bridgehead atoms. The van der Waals surface area contributed by atoms with Crippen LogP contribution < -0.4 is 10.3 Å². The summed E-state index contributed by atoms with van der Waals surface area (Å²) in [6.45, 7) is 5.34. The maximum atomic E-state index is 13.0. The highest BCUT2D eigenvalue weighted by atomic mass is 16.5. The molecule has 0 spiro atoms. The van der Waals surface area contributed by atoms with Crippen LogP contribution in [0, 0.1) is 0 Å². The van der Waals surface area contributed by atoms with Crippen LogP contribution >= 0.6 is 0 Å². The Morgan fingerprint density at radius 3 is 2.65 bits per heavy atom. The van der Waals surface area contributed by atoms with Crippen LogP contribution in [0.4, 0.5) is 0 Å². The third kappa shape index (κ3) is 3.77. The monoisotopic (exact) mass is 421 g/mol. The summed E-state index contributed by atoms with van der Waals surface area (Å²) in [6.07, 6.45) is 8.82. The van der Waals surface area contributed by atoms with E-state index in [0.29, 0.717) is 5.56 Å². The largest absolute Gasteiger partial charge is 0.497 e. The molecule has 3 aromatic rings. The van der Waals surface area contributed by atoms with Crippen LogP contribution in [0.25, 0.3) is 22.3 Å². The Kier molecular flexibility index (Phi) is 5.32. The van der Waals surface area contributed by atoms with Gasteiger partial charge in [0.25, 0.3) is 5.56 Å². The Morgan fingerprint density at radius 1 is 1.13 bits per heavy atom. The zero-order valence-corrected chi connectivity index (χ0v) is 18.4. The van der Waals surface area contributed by atoms with Gasteiger partial charge in [-0.3, -0.25) is 9.69 Å². The minimum absolute atomic E-state index is 0.117. The number of nitrogens with zero attached hydrogens (tertiary/aromatic N) is 4. The Morgan fingerprint density at radius 2 is 1.90 bits per heavy atom. The molecule has 0 radical (unpaired) electrons. The van der Waals surface area contributed by atoms with Gasteiger partial charge >= 0.3 is 0 Å². The molecule has 2 aliphatic rings. The van der Waals surface area contributed by atoms with Crippen LogP contribution in [0.5, 0.6) is 5.75 Å². The number of aromatic amines is 1. The Labute approximate surface area is 182 Å². The molecule has 31 heavy (non-hydrogen) atoms. The fourth-order valence-corrected chi connectivity index (χ4v) is 5.36. The molecule has 2 fully saturated rings. The smallest absolute Gasteiger partial charge is 0.259 e. The second-order valence-corrected chi connectivity index (χ2v) is 9.07. The van der Waals surface area contributed by atoms with E-state index < -0.39 is 0 Å². The minimum atomic E-state index is -0.117. The molecule has 1 saturated carbocycles. The third-order valence-electron chi connectivity index (χ3n) is 7.18. The van der Waals surface area contributed by atoms with E-state index in [1.165, 1.54) is 25.7 Å². The number of aromatic nitrogens is 3. The highest BCUT2D eigenvalue weighted by molar-refractivity contribution is 5.83. The van der Waals surface area contributed by atoms with Crippen molar-refractivity contribution in [3.63, 3.8) is 0 Å². The molecule has 1 aliphatic carbocycles. The molecular weight excluding hydrogens is 390 g/mol. The molecule has 0 unspecified atom stereocenters. The van der Waals surface area contributed by atoms with Crippen molar-refractivity contribution < 1.29 is 4.74 Å². The predicted octanol–water partition coefficient (Wildman–Crippen LogP) is 2.96. The highest BCUT2D eigenvalue weighted by Crippen LogP contribution is 2.38. The summed E-state index contributed by atoms with van der Waals surface area (Å²) in [6, 6.07) is 7.69. The summed E-state index contributed by atoms with van der Waals surface area (Å²) in [7, 11) is 3.83. The number of pyridine rings is 1. The molecule has 0 amide bonds. The van der Waals surface area contributed by atoms with E-state index in [1.54, 1.807) is 7.11 Å². The number of likely N-dealkylation sites (N-methyl/N-ethyl adjacent to an activating group) is 1. The lowest BCUT2D eigenvalue weighted by Crippen LogP contribution is -2.57. The standard InChI is InChI=1S/C24H31N5O2/c1-27-11-13-29(14-12-27)24(7-3-4-8-24)17-28-10-9-25-22(28)20-15-18-5-6-19(31-2)16-21(18)26-23(20)30/h5-6,9-10,15-16H,3-4,7-8,11-14,17H2,1-2H3,(H,26,30). The summed E-state index contributed by atoms with van der Waals surface area (Å²) < 4.78 is 7.49. The quantitative estimate of drug-likeness (QED) is 0.686. The van der Waals surface area contributed by atoms with Gasteiger partial charge in [0.2, 0.25) is 0 Å². The van der Waals surface area contributed by atoms with Gasteiger partial charge in [0.05, 0.1) is 18.2 Å².